The molecule has 29 heavy (non-hydrogen) atoms. The third-order valence-electron chi connectivity index (χ3n) is 4.92. The molecule has 0 N–H and O–H groups in total. The second kappa shape index (κ2) is 8.43. The molecule has 0 saturated carbocycles. The van der Waals surface area contributed by atoms with E-state index in [0.29, 0.717) is 0 Å². The Labute approximate surface area is 178 Å². The van der Waals surface area contributed by atoms with Crippen molar-refractivity contribution in [1.82, 2.24) is 15.0 Å². The molecule has 0 aliphatic rings. The molecule has 0 radical (unpaired) electrons. The van der Waals surface area contributed by atoms with Crippen molar-refractivity contribution in [3.8, 4) is 11.1 Å². The van der Waals surface area contributed by atoms with E-state index < -0.39 is 0 Å². The van der Waals surface area contributed by atoms with Crippen molar-refractivity contribution >= 4 is 39.0 Å². The van der Waals surface area contributed by atoms with Gasteiger partial charge in [0.1, 0.15) is 16.5 Å². The standard InChI is InChI=1S/C22H20ClFN4S/c1-3-28(13-10-15-8-11-25-12-9-15)20-19-18(16-4-6-17(24)7-5-16)14(2)29-21(19)27-22(23)26-20/h4-9,11-12H,3,10,13H2,1-2H3. The van der Waals surface area contributed by atoms with Crippen LogP contribution in [0, 0.1) is 12.7 Å². The van der Waals surface area contributed by atoms with Crippen LogP contribution >= 0.6 is 22.9 Å². The van der Waals surface area contributed by atoms with E-state index in [1.165, 1.54) is 17.7 Å². The van der Waals surface area contributed by atoms with Gasteiger partial charge >= 0.3 is 0 Å². The Balaban J connectivity index is 1.80. The summed E-state index contributed by atoms with van der Waals surface area (Å²) < 4.78 is 13.5. The fraction of sp³-hybridized carbons (Fsp3) is 0.227. The number of rotatable bonds is 6. The lowest BCUT2D eigenvalue weighted by atomic mass is 10.0. The average molecular weight is 427 g/mol. The molecule has 0 bridgehead atoms. The zero-order chi connectivity index (χ0) is 20.4. The first-order chi connectivity index (χ1) is 14.1. The van der Waals surface area contributed by atoms with Gasteiger partial charge in [0.2, 0.25) is 5.28 Å². The van der Waals surface area contributed by atoms with Gasteiger partial charge < -0.3 is 4.90 Å². The number of likely N-dealkylation sites (N-methyl/N-ethyl adjacent to an activating group) is 1. The molecule has 0 fully saturated rings. The molecule has 3 heterocycles. The first-order valence-corrected chi connectivity index (χ1v) is 10.6. The first-order valence-electron chi connectivity index (χ1n) is 9.43. The maximum atomic E-state index is 13.5. The van der Waals surface area contributed by atoms with Gasteiger partial charge in [0.25, 0.3) is 0 Å². The predicted octanol–water partition coefficient (Wildman–Crippen LogP) is 5.92. The molecule has 0 aliphatic carbocycles. The lowest BCUT2D eigenvalue weighted by Gasteiger charge is -2.23. The molecule has 4 rings (SSSR count). The zero-order valence-electron chi connectivity index (χ0n) is 16.2. The monoisotopic (exact) mass is 426 g/mol. The molecule has 1 aromatic carbocycles. The smallest absolute Gasteiger partial charge is 0.225 e. The Hall–Kier alpha value is -2.57. The normalized spacial score (nSPS) is 11.2. The molecular weight excluding hydrogens is 407 g/mol. The van der Waals surface area contributed by atoms with Crippen molar-refractivity contribution in [3.63, 3.8) is 0 Å². The van der Waals surface area contributed by atoms with E-state index in [0.717, 1.165) is 51.5 Å². The van der Waals surface area contributed by atoms with Crippen molar-refractivity contribution in [3.05, 3.63) is 70.3 Å². The SMILES string of the molecule is CCN(CCc1ccncc1)c1nc(Cl)nc2sc(C)c(-c3ccc(F)cc3)c12. The van der Waals surface area contributed by atoms with Crippen molar-refractivity contribution in [2.75, 3.05) is 18.0 Å². The molecule has 0 saturated heterocycles. The van der Waals surface area contributed by atoms with Crippen molar-refractivity contribution in [2.24, 2.45) is 0 Å². The summed E-state index contributed by atoms with van der Waals surface area (Å²) in [4.78, 5) is 17.3. The number of hydrogen-bond donors (Lipinski definition) is 0. The molecule has 0 amide bonds. The second-order valence-corrected chi connectivity index (χ2v) is 8.26. The average Bonchev–Trinajstić information content (AvgIpc) is 3.05. The Morgan fingerprint density at radius 3 is 2.48 bits per heavy atom. The molecule has 0 spiro atoms. The van der Waals surface area contributed by atoms with Crippen LogP contribution in [0.15, 0.2) is 48.8 Å². The van der Waals surface area contributed by atoms with Gasteiger partial charge in [-0.25, -0.2) is 9.37 Å². The molecule has 0 aliphatic heterocycles. The highest BCUT2D eigenvalue weighted by Gasteiger charge is 2.21. The lowest BCUT2D eigenvalue weighted by molar-refractivity contribution is 0.628. The summed E-state index contributed by atoms with van der Waals surface area (Å²) in [6.07, 6.45) is 4.48. The molecule has 3 aromatic heterocycles. The number of thiophene rings is 1. The Bertz CT molecular complexity index is 1130. The Morgan fingerprint density at radius 1 is 1.07 bits per heavy atom. The molecule has 4 nitrogen and oxygen atoms in total. The number of halogens is 2. The second-order valence-electron chi connectivity index (χ2n) is 6.72. The topological polar surface area (TPSA) is 41.9 Å². The van der Waals surface area contributed by atoms with Crippen LogP contribution < -0.4 is 4.90 Å². The zero-order valence-corrected chi connectivity index (χ0v) is 17.8. The third kappa shape index (κ3) is 4.09. The Kier molecular flexibility index (Phi) is 5.74. The van der Waals surface area contributed by atoms with E-state index in [2.05, 4.69) is 33.7 Å². The fourth-order valence-electron chi connectivity index (χ4n) is 3.49. The maximum Gasteiger partial charge on any atom is 0.225 e. The van der Waals surface area contributed by atoms with Crippen LogP contribution in [0.2, 0.25) is 5.28 Å². The summed E-state index contributed by atoms with van der Waals surface area (Å²) in [5, 5.41) is 1.21. The fourth-order valence-corrected chi connectivity index (χ4v) is 4.74. The van der Waals surface area contributed by atoms with Crippen LogP contribution in [0.4, 0.5) is 10.2 Å². The summed E-state index contributed by atoms with van der Waals surface area (Å²) in [5.74, 6) is 0.568. The van der Waals surface area contributed by atoms with Gasteiger partial charge in [-0.05, 0) is 67.3 Å². The van der Waals surface area contributed by atoms with E-state index in [1.807, 2.05) is 12.1 Å². The van der Waals surface area contributed by atoms with Gasteiger partial charge in [-0.2, -0.15) is 4.98 Å². The summed E-state index contributed by atoms with van der Waals surface area (Å²) >= 11 is 7.85. The van der Waals surface area contributed by atoms with Crippen molar-refractivity contribution in [1.29, 1.82) is 0 Å². The van der Waals surface area contributed by atoms with E-state index in [-0.39, 0.29) is 11.1 Å². The van der Waals surface area contributed by atoms with Gasteiger partial charge in [-0.15, -0.1) is 11.3 Å². The largest absolute Gasteiger partial charge is 0.356 e. The molecular formula is C22H20ClFN4S. The van der Waals surface area contributed by atoms with Crippen LogP contribution in [0.5, 0.6) is 0 Å². The maximum absolute atomic E-state index is 13.5. The van der Waals surface area contributed by atoms with Crippen LogP contribution in [-0.4, -0.2) is 28.0 Å². The van der Waals surface area contributed by atoms with Crippen LogP contribution in [0.25, 0.3) is 21.3 Å². The number of pyridine rings is 1. The number of anilines is 1. The van der Waals surface area contributed by atoms with Crippen LogP contribution in [0.1, 0.15) is 17.4 Å². The van der Waals surface area contributed by atoms with Crippen molar-refractivity contribution < 1.29 is 4.39 Å². The van der Waals surface area contributed by atoms with Gasteiger partial charge in [-0.3, -0.25) is 4.98 Å². The van der Waals surface area contributed by atoms with Gasteiger partial charge in [0.05, 0.1) is 5.39 Å². The van der Waals surface area contributed by atoms with Gasteiger partial charge in [0, 0.05) is 35.9 Å². The number of aryl methyl sites for hydroxylation is 1. The van der Waals surface area contributed by atoms with Gasteiger partial charge in [0.15, 0.2) is 0 Å². The predicted molar refractivity (Wildman–Crippen MR) is 118 cm³/mol. The van der Waals surface area contributed by atoms with E-state index in [9.17, 15) is 4.39 Å². The number of fused-ring (bicyclic) bond motifs is 1. The minimum Gasteiger partial charge on any atom is -0.356 e. The highest BCUT2D eigenvalue weighted by Crippen LogP contribution is 2.42. The van der Waals surface area contributed by atoms with Crippen molar-refractivity contribution in [2.45, 2.75) is 20.3 Å². The highest BCUT2D eigenvalue weighted by molar-refractivity contribution is 7.19. The van der Waals surface area contributed by atoms with Crippen LogP contribution in [0.3, 0.4) is 0 Å². The lowest BCUT2D eigenvalue weighted by Crippen LogP contribution is -2.26. The highest BCUT2D eigenvalue weighted by atomic mass is 35.5. The minimum absolute atomic E-state index is 0.238. The Morgan fingerprint density at radius 2 is 1.79 bits per heavy atom. The molecule has 7 heteroatoms. The molecule has 0 unspecified atom stereocenters. The summed E-state index contributed by atoms with van der Waals surface area (Å²) in [5.41, 5.74) is 3.21. The summed E-state index contributed by atoms with van der Waals surface area (Å²) in [7, 11) is 0. The number of hydrogen-bond acceptors (Lipinski definition) is 5. The molecule has 0 atom stereocenters. The number of aromatic nitrogens is 3. The van der Waals surface area contributed by atoms with Gasteiger partial charge in [-0.1, -0.05) is 12.1 Å². The van der Waals surface area contributed by atoms with E-state index in [4.69, 9.17) is 11.6 Å². The minimum atomic E-state index is -0.252. The van der Waals surface area contributed by atoms with E-state index >= 15 is 0 Å². The number of nitrogens with zero attached hydrogens (tertiary/aromatic N) is 4. The summed E-state index contributed by atoms with van der Waals surface area (Å²) in [6, 6.07) is 10.6. The van der Waals surface area contributed by atoms with Crippen LogP contribution in [-0.2, 0) is 6.42 Å². The first kappa shape index (κ1) is 19.7. The number of benzene rings is 1. The summed E-state index contributed by atoms with van der Waals surface area (Å²) in [6.45, 7) is 5.73. The third-order valence-corrected chi connectivity index (χ3v) is 6.08. The quantitative estimate of drug-likeness (QED) is 0.359. The molecule has 4 aromatic rings. The van der Waals surface area contributed by atoms with E-state index in [1.54, 1.807) is 35.9 Å². The molecule has 148 valence electrons.